The maximum absolute atomic E-state index is 13.9. The standard InChI is InChI=1S/C30H31F4NO/c1-29(2)16-24-27(25(36)17-29)26(19-9-13-22(31)14-10-19)23(28(35-24)20-5-3-4-6-20)15-18-7-11-21(12-8-18)30(32,33)34/h7-14,20,25,36H,3-6,15-17H2,1-2H3. The van der Waals surface area contributed by atoms with E-state index in [0.717, 1.165) is 83.4 Å². The third-order valence-electron chi connectivity index (χ3n) is 7.71. The van der Waals surface area contributed by atoms with Crippen molar-refractivity contribution < 1.29 is 22.7 Å². The van der Waals surface area contributed by atoms with E-state index in [0.29, 0.717) is 12.8 Å². The van der Waals surface area contributed by atoms with Crippen molar-refractivity contribution in [1.29, 1.82) is 0 Å². The molecule has 1 heterocycles. The highest BCUT2D eigenvalue weighted by atomic mass is 19.4. The van der Waals surface area contributed by atoms with Crippen LogP contribution in [0.5, 0.6) is 0 Å². The number of rotatable bonds is 4. The maximum atomic E-state index is 13.9. The van der Waals surface area contributed by atoms with Crippen molar-refractivity contribution in [1.82, 2.24) is 4.98 Å². The van der Waals surface area contributed by atoms with Crippen LogP contribution in [0.25, 0.3) is 11.1 Å². The Morgan fingerprint density at radius 2 is 1.61 bits per heavy atom. The van der Waals surface area contributed by atoms with Crippen molar-refractivity contribution in [3.05, 3.63) is 88.0 Å². The predicted molar refractivity (Wildman–Crippen MR) is 132 cm³/mol. The molecule has 1 atom stereocenters. The third kappa shape index (κ3) is 4.93. The van der Waals surface area contributed by atoms with Crippen LogP contribution in [0, 0.1) is 11.2 Å². The minimum absolute atomic E-state index is 0.110. The maximum Gasteiger partial charge on any atom is 0.416 e. The molecule has 2 aliphatic rings. The molecule has 5 rings (SSSR count). The topological polar surface area (TPSA) is 33.1 Å². The molecule has 1 saturated carbocycles. The van der Waals surface area contributed by atoms with Crippen molar-refractivity contribution in [2.45, 2.75) is 77.0 Å². The molecule has 2 nitrogen and oxygen atoms in total. The van der Waals surface area contributed by atoms with E-state index in [2.05, 4.69) is 13.8 Å². The van der Waals surface area contributed by atoms with E-state index < -0.39 is 17.8 Å². The van der Waals surface area contributed by atoms with Gasteiger partial charge in [-0.05, 0) is 84.0 Å². The SMILES string of the molecule is CC1(C)Cc2nc(C3CCCC3)c(Cc3ccc(C(F)(F)F)cc3)c(-c3ccc(F)cc3)c2C(O)C1. The number of fused-ring (bicyclic) bond motifs is 1. The van der Waals surface area contributed by atoms with Crippen LogP contribution >= 0.6 is 0 Å². The van der Waals surface area contributed by atoms with Crippen molar-refractivity contribution in [2.75, 3.05) is 0 Å². The number of hydrogen-bond acceptors (Lipinski definition) is 2. The number of aliphatic hydroxyl groups is 1. The molecule has 2 aromatic carbocycles. The van der Waals surface area contributed by atoms with Crippen molar-refractivity contribution in [3.63, 3.8) is 0 Å². The number of aromatic nitrogens is 1. The summed E-state index contributed by atoms with van der Waals surface area (Å²) >= 11 is 0. The molecule has 2 aliphatic carbocycles. The first-order valence-corrected chi connectivity index (χ1v) is 12.7. The van der Waals surface area contributed by atoms with Crippen LogP contribution in [0.4, 0.5) is 17.6 Å². The first-order valence-electron chi connectivity index (χ1n) is 12.7. The fourth-order valence-corrected chi connectivity index (χ4v) is 6.03. The van der Waals surface area contributed by atoms with Gasteiger partial charge >= 0.3 is 6.18 Å². The van der Waals surface area contributed by atoms with E-state index >= 15 is 0 Å². The monoisotopic (exact) mass is 497 g/mol. The molecule has 1 fully saturated rings. The van der Waals surface area contributed by atoms with Crippen LogP contribution in [-0.4, -0.2) is 10.1 Å². The lowest BCUT2D eigenvalue weighted by Gasteiger charge is -2.37. The minimum atomic E-state index is -4.39. The molecule has 1 N–H and O–H groups in total. The Balaban J connectivity index is 1.72. The van der Waals surface area contributed by atoms with Crippen LogP contribution in [0.2, 0.25) is 0 Å². The van der Waals surface area contributed by atoms with Gasteiger partial charge in [-0.2, -0.15) is 13.2 Å². The number of halogens is 4. The highest BCUT2D eigenvalue weighted by molar-refractivity contribution is 5.74. The van der Waals surface area contributed by atoms with Crippen LogP contribution in [0.15, 0.2) is 48.5 Å². The van der Waals surface area contributed by atoms with Crippen LogP contribution in [-0.2, 0) is 19.0 Å². The minimum Gasteiger partial charge on any atom is -0.388 e. The van der Waals surface area contributed by atoms with E-state index in [1.807, 2.05) is 0 Å². The number of aliphatic hydroxyl groups excluding tert-OH is 1. The summed E-state index contributed by atoms with van der Waals surface area (Å²) in [4.78, 5) is 5.18. The largest absolute Gasteiger partial charge is 0.416 e. The van der Waals surface area contributed by atoms with Gasteiger partial charge in [-0.25, -0.2) is 4.39 Å². The summed E-state index contributed by atoms with van der Waals surface area (Å²) in [6, 6.07) is 11.6. The summed E-state index contributed by atoms with van der Waals surface area (Å²) in [5.41, 5.74) is 5.21. The number of hydrogen-bond donors (Lipinski definition) is 1. The molecular formula is C30H31F4NO. The number of benzene rings is 2. The Labute approximate surface area is 209 Å². The van der Waals surface area contributed by atoms with Gasteiger partial charge in [0.1, 0.15) is 5.82 Å². The molecule has 0 bridgehead atoms. The summed E-state index contributed by atoms with van der Waals surface area (Å²) in [6.45, 7) is 4.26. The highest BCUT2D eigenvalue weighted by Gasteiger charge is 2.37. The quantitative estimate of drug-likeness (QED) is 0.369. The average Bonchev–Trinajstić information content (AvgIpc) is 3.33. The predicted octanol–water partition coefficient (Wildman–Crippen LogP) is 8.16. The fraction of sp³-hybridized carbons (Fsp3) is 0.433. The van der Waals surface area contributed by atoms with Gasteiger partial charge in [0.25, 0.3) is 0 Å². The number of alkyl halides is 3. The fourth-order valence-electron chi connectivity index (χ4n) is 6.03. The molecule has 1 unspecified atom stereocenters. The van der Waals surface area contributed by atoms with Crippen molar-refractivity contribution >= 4 is 0 Å². The molecule has 190 valence electrons. The van der Waals surface area contributed by atoms with Gasteiger partial charge in [-0.15, -0.1) is 0 Å². The Morgan fingerprint density at radius 1 is 0.972 bits per heavy atom. The van der Waals surface area contributed by atoms with E-state index in [1.165, 1.54) is 24.3 Å². The highest BCUT2D eigenvalue weighted by Crippen LogP contribution is 2.48. The molecule has 36 heavy (non-hydrogen) atoms. The van der Waals surface area contributed by atoms with Crippen LogP contribution < -0.4 is 0 Å². The Morgan fingerprint density at radius 3 is 2.22 bits per heavy atom. The van der Waals surface area contributed by atoms with E-state index in [1.54, 1.807) is 12.1 Å². The summed E-state index contributed by atoms with van der Waals surface area (Å²) < 4.78 is 53.3. The first kappa shape index (κ1) is 24.9. The Kier molecular flexibility index (Phi) is 6.44. The molecular weight excluding hydrogens is 466 g/mol. The molecule has 0 aliphatic heterocycles. The summed E-state index contributed by atoms with van der Waals surface area (Å²) in [5.74, 6) is -0.0789. The summed E-state index contributed by atoms with van der Waals surface area (Å²) in [5, 5.41) is 11.3. The second-order valence-corrected chi connectivity index (χ2v) is 11.1. The number of nitrogens with zero attached hydrogens (tertiary/aromatic N) is 1. The van der Waals surface area contributed by atoms with E-state index in [-0.39, 0.29) is 17.2 Å². The third-order valence-corrected chi connectivity index (χ3v) is 7.71. The van der Waals surface area contributed by atoms with E-state index in [9.17, 15) is 22.7 Å². The lowest BCUT2D eigenvalue weighted by atomic mass is 9.71. The first-order chi connectivity index (χ1) is 17.0. The van der Waals surface area contributed by atoms with Crippen molar-refractivity contribution in [2.24, 2.45) is 5.41 Å². The lowest BCUT2D eigenvalue weighted by Crippen LogP contribution is -2.28. The summed E-state index contributed by atoms with van der Waals surface area (Å²) in [7, 11) is 0. The number of pyridine rings is 1. The zero-order valence-electron chi connectivity index (χ0n) is 20.6. The van der Waals surface area contributed by atoms with Gasteiger partial charge in [0, 0.05) is 22.9 Å². The molecule has 6 heteroatoms. The second kappa shape index (κ2) is 9.29. The molecule has 0 saturated heterocycles. The van der Waals surface area contributed by atoms with Gasteiger partial charge in [0.2, 0.25) is 0 Å². The zero-order chi connectivity index (χ0) is 25.7. The Bertz CT molecular complexity index is 1240. The second-order valence-electron chi connectivity index (χ2n) is 11.1. The lowest BCUT2D eigenvalue weighted by molar-refractivity contribution is -0.137. The van der Waals surface area contributed by atoms with E-state index in [4.69, 9.17) is 4.98 Å². The van der Waals surface area contributed by atoms with Crippen LogP contribution in [0.3, 0.4) is 0 Å². The van der Waals surface area contributed by atoms with Gasteiger partial charge in [-0.3, -0.25) is 4.98 Å². The Hall–Kier alpha value is -2.73. The van der Waals surface area contributed by atoms with Gasteiger partial charge in [-0.1, -0.05) is 51.0 Å². The molecule has 0 spiro atoms. The molecule has 3 aromatic rings. The van der Waals surface area contributed by atoms with Gasteiger partial charge in [0.15, 0.2) is 0 Å². The summed E-state index contributed by atoms with van der Waals surface area (Å²) in [6.07, 6.45) is 0.851. The zero-order valence-corrected chi connectivity index (χ0v) is 20.6. The normalized spacial score (nSPS) is 19.9. The average molecular weight is 498 g/mol. The van der Waals surface area contributed by atoms with Gasteiger partial charge in [0.05, 0.1) is 11.7 Å². The molecule has 0 radical (unpaired) electrons. The van der Waals surface area contributed by atoms with Crippen LogP contribution in [0.1, 0.15) is 91.6 Å². The molecule has 1 aromatic heterocycles. The molecule has 0 amide bonds. The smallest absolute Gasteiger partial charge is 0.388 e. The van der Waals surface area contributed by atoms with Gasteiger partial charge < -0.3 is 5.11 Å². The van der Waals surface area contributed by atoms with Crippen molar-refractivity contribution in [3.8, 4) is 11.1 Å².